The molecule has 0 spiro atoms. The van der Waals surface area contributed by atoms with Gasteiger partial charge >= 0.3 is 6.03 Å². The molecule has 212 valence electrons. The first-order valence-electron chi connectivity index (χ1n) is 13.5. The van der Waals surface area contributed by atoms with E-state index < -0.39 is 21.9 Å². The minimum absolute atomic E-state index is 0.136. The van der Waals surface area contributed by atoms with Crippen molar-refractivity contribution in [2.75, 3.05) is 18.4 Å². The second kappa shape index (κ2) is 11.8. The molecule has 1 saturated heterocycles. The van der Waals surface area contributed by atoms with E-state index in [4.69, 9.17) is 16.3 Å². The molecule has 2 aliphatic rings. The van der Waals surface area contributed by atoms with Crippen molar-refractivity contribution in [3.05, 3.63) is 82.6 Å². The molecular formula is C30H33ClFN3O4S. The lowest BCUT2D eigenvalue weighted by Gasteiger charge is -2.35. The van der Waals surface area contributed by atoms with Gasteiger partial charge in [0, 0.05) is 29.8 Å². The fourth-order valence-electron chi connectivity index (χ4n) is 5.39. The Kier molecular flexibility index (Phi) is 8.35. The molecule has 40 heavy (non-hydrogen) atoms. The number of halogens is 2. The maximum absolute atomic E-state index is 14.0. The normalized spacial score (nSPS) is 20.0. The van der Waals surface area contributed by atoms with Gasteiger partial charge in [-0.05, 0) is 104 Å². The highest BCUT2D eigenvalue weighted by atomic mass is 35.5. The Morgan fingerprint density at radius 1 is 1.02 bits per heavy atom. The van der Waals surface area contributed by atoms with Crippen molar-refractivity contribution in [3.8, 4) is 11.5 Å². The van der Waals surface area contributed by atoms with Crippen LogP contribution in [-0.2, 0) is 10.0 Å². The third-order valence-corrected chi connectivity index (χ3v) is 9.89. The average molecular weight is 586 g/mol. The SMILES string of the molecule is Cc1cc(Cl)cc(Oc2ccc(C3CCC3C)cc2S(=O)(=O)N2CCC(NC(=O)Nc3cccc(F)c3)CC2)c1. The van der Waals surface area contributed by atoms with Gasteiger partial charge in [0.05, 0.1) is 0 Å². The quantitative estimate of drug-likeness (QED) is 0.310. The number of nitrogens with one attached hydrogen (secondary N) is 2. The van der Waals surface area contributed by atoms with Crippen LogP contribution in [-0.4, -0.2) is 37.9 Å². The zero-order chi connectivity index (χ0) is 28.4. The van der Waals surface area contributed by atoms with E-state index in [1.165, 1.54) is 22.5 Å². The molecule has 2 unspecified atom stereocenters. The molecule has 3 aromatic carbocycles. The van der Waals surface area contributed by atoms with Crippen LogP contribution in [0.3, 0.4) is 0 Å². The molecule has 1 aliphatic heterocycles. The summed E-state index contributed by atoms with van der Waals surface area (Å²) >= 11 is 6.22. The van der Waals surface area contributed by atoms with Gasteiger partial charge < -0.3 is 15.4 Å². The summed E-state index contributed by atoms with van der Waals surface area (Å²) in [5.74, 6) is 1.10. The highest BCUT2D eigenvalue weighted by Gasteiger charge is 2.35. The van der Waals surface area contributed by atoms with E-state index in [1.54, 1.807) is 24.3 Å². The molecule has 2 N–H and O–H groups in total. The number of aryl methyl sites for hydroxylation is 1. The summed E-state index contributed by atoms with van der Waals surface area (Å²) in [7, 11) is -3.89. The van der Waals surface area contributed by atoms with E-state index in [-0.39, 0.29) is 29.8 Å². The Bertz CT molecular complexity index is 1490. The number of nitrogens with zero attached hydrogens (tertiary/aromatic N) is 1. The molecule has 10 heteroatoms. The van der Waals surface area contributed by atoms with Crippen LogP contribution < -0.4 is 15.4 Å². The van der Waals surface area contributed by atoms with Crippen LogP contribution in [0.25, 0.3) is 0 Å². The van der Waals surface area contributed by atoms with E-state index in [9.17, 15) is 17.6 Å². The maximum Gasteiger partial charge on any atom is 0.319 e. The maximum atomic E-state index is 14.0. The van der Waals surface area contributed by atoms with Crippen LogP contribution in [0.2, 0.25) is 5.02 Å². The van der Waals surface area contributed by atoms with Gasteiger partial charge in [0.15, 0.2) is 0 Å². The highest BCUT2D eigenvalue weighted by Crippen LogP contribution is 2.44. The fraction of sp³-hybridized carbons (Fsp3) is 0.367. The van der Waals surface area contributed by atoms with Crippen molar-refractivity contribution in [3.63, 3.8) is 0 Å². The number of anilines is 1. The number of piperidine rings is 1. The molecule has 2 fully saturated rings. The molecular weight excluding hydrogens is 553 g/mol. The van der Waals surface area contributed by atoms with Crippen molar-refractivity contribution < 1.29 is 22.3 Å². The molecule has 1 heterocycles. The standard InChI is InChI=1S/C30H33ClFN3O4S/c1-19-14-22(31)17-26(15-19)39-28-9-7-21(27-8-6-20(27)2)16-29(28)40(37,38)35-12-10-24(11-13-35)33-30(36)34-25-5-3-4-23(32)18-25/h3-5,7,9,14-18,20,24,27H,6,8,10-13H2,1-2H3,(H2,33,34,36). The number of hydrogen-bond acceptors (Lipinski definition) is 4. The van der Waals surface area contributed by atoms with Gasteiger partial charge in [0.25, 0.3) is 0 Å². The largest absolute Gasteiger partial charge is 0.456 e. The van der Waals surface area contributed by atoms with Crippen molar-refractivity contribution in [2.45, 2.75) is 56.4 Å². The first-order chi connectivity index (χ1) is 19.1. The van der Waals surface area contributed by atoms with Gasteiger partial charge in [0.2, 0.25) is 10.0 Å². The topological polar surface area (TPSA) is 87.7 Å². The molecule has 2 atom stereocenters. The van der Waals surface area contributed by atoms with Crippen molar-refractivity contribution in [1.29, 1.82) is 0 Å². The fourth-order valence-corrected chi connectivity index (χ4v) is 7.29. The van der Waals surface area contributed by atoms with E-state index in [2.05, 4.69) is 17.6 Å². The molecule has 0 bridgehead atoms. The zero-order valence-corrected chi connectivity index (χ0v) is 24.1. The van der Waals surface area contributed by atoms with E-state index >= 15 is 0 Å². The molecule has 7 nitrogen and oxygen atoms in total. The third kappa shape index (κ3) is 6.43. The summed E-state index contributed by atoms with van der Waals surface area (Å²) < 4.78 is 49.0. The van der Waals surface area contributed by atoms with E-state index in [0.717, 1.165) is 24.0 Å². The minimum atomic E-state index is -3.89. The third-order valence-electron chi connectivity index (χ3n) is 7.75. The van der Waals surface area contributed by atoms with Crippen LogP contribution in [0.1, 0.15) is 49.7 Å². The Labute approximate surface area is 239 Å². The molecule has 0 aromatic heterocycles. The van der Waals surface area contributed by atoms with Crippen LogP contribution in [0.15, 0.2) is 65.6 Å². The zero-order valence-electron chi connectivity index (χ0n) is 22.5. The predicted molar refractivity (Wildman–Crippen MR) is 154 cm³/mol. The van der Waals surface area contributed by atoms with Crippen molar-refractivity contribution in [2.24, 2.45) is 5.92 Å². The molecule has 0 radical (unpaired) electrons. The molecule has 1 aliphatic carbocycles. The second-order valence-electron chi connectivity index (χ2n) is 10.7. The summed E-state index contributed by atoms with van der Waals surface area (Å²) in [4.78, 5) is 12.6. The highest BCUT2D eigenvalue weighted by molar-refractivity contribution is 7.89. The monoisotopic (exact) mass is 585 g/mol. The van der Waals surface area contributed by atoms with E-state index in [1.807, 2.05) is 25.1 Å². The number of rotatable bonds is 7. The first kappa shape index (κ1) is 28.4. The number of sulfonamides is 1. The van der Waals surface area contributed by atoms with Crippen LogP contribution in [0.5, 0.6) is 11.5 Å². The van der Waals surface area contributed by atoms with Crippen molar-refractivity contribution >= 4 is 33.3 Å². The predicted octanol–water partition coefficient (Wildman–Crippen LogP) is 7.07. The Balaban J connectivity index is 1.32. The number of amides is 2. The Morgan fingerprint density at radius 3 is 2.45 bits per heavy atom. The number of hydrogen-bond donors (Lipinski definition) is 2. The van der Waals surface area contributed by atoms with Crippen LogP contribution >= 0.6 is 11.6 Å². The Hall–Kier alpha value is -3.14. The summed E-state index contributed by atoms with van der Waals surface area (Å²) in [5, 5.41) is 6.00. The van der Waals surface area contributed by atoms with Gasteiger partial charge in [-0.3, -0.25) is 0 Å². The van der Waals surface area contributed by atoms with Gasteiger partial charge in [0.1, 0.15) is 22.2 Å². The first-order valence-corrected chi connectivity index (χ1v) is 15.3. The van der Waals surface area contributed by atoms with Gasteiger partial charge in [-0.1, -0.05) is 30.7 Å². The molecule has 2 amide bonds. The van der Waals surface area contributed by atoms with E-state index in [0.29, 0.717) is 41.1 Å². The smallest absolute Gasteiger partial charge is 0.319 e. The molecule has 1 saturated carbocycles. The van der Waals surface area contributed by atoms with Crippen LogP contribution in [0, 0.1) is 18.7 Å². The van der Waals surface area contributed by atoms with Crippen molar-refractivity contribution in [1.82, 2.24) is 9.62 Å². The number of carbonyl (C=O) groups excluding carboxylic acids is 1. The molecule has 3 aromatic rings. The summed E-state index contributed by atoms with van der Waals surface area (Å²) in [5.41, 5.74) is 2.25. The number of ether oxygens (including phenoxy) is 1. The number of benzene rings is 3. The summed E-state index contributed by atoms with van der Waals surface area (Å²) in [6.07, 6.45) is 3.04. The summed E-state index contributed by atoms with van der Waals surface area (Å²) in [6.45, 7) is 4.57. The lowest BCUT2D eigenvalue weighted by Crippen LogP contribution is -2.47. The van der Waals surface area contributed by atoms with Gasteiger partial charge in [-0.15, -0.1) is 0 Å². The lowest BCUT2D eigenvalue weighted by molar-refractivity contribution is 0.238. The summed E-state index contributed by atoms with van der Waals surface area (Å²) in [6, 6.07) is 15.7. The molecule has 5 rings (SSSR count). The Morgan fingerprint density at radius 2 is 1.80 bits per heavy atom. The number of carbonyl (C=O) groups is 1. The van der Waals surface area contributed by atoms with Crippen LogP contribution in [0.4, 0.5) is 14.9 Å². The van der Waals surface area contributed by atoms with Gasteiger partial charge in [-0.25, -0.2) is 17.6 Å². The second-order valence-corrected chi connectivity index (χ2v) is 13.1. The average Bonchev–Trinajstić information content (AvgIpc) is 2.88. The minimum Gasteiger partial charge on any atom is -0.456 e. The number of urea groups is 1. The van der Waals surface area contributed by atoms with Gasteiger partial charge in [-0.2, -0.15) is 4.31 Å². The lowest BCUT2D eigenvalue weighted by atomic mass is 9.71.